The fourth-order valence-electron chi connectivity index (χ4n) is 10.8. The van der Waals surface area contributed by atoms with Gasteiger partial charge in [-0.05, 0) is 155 Å². The third-order valence-corrected chi connectivity index (χ3v) is 15.6. The zero-order chi connectivity index (χ0) is 48.9. The van der Waals surface area contributed by atoms with Crippen molar-refractivity contribution in [2.75, 3.05) is 99.1 Å². The van der Waals surface area contributed by atoms with Crippen LogP contribution in [0.5, 0.6) is 11.5 Å². The van der Waals surface area contributed by atoms with Crippen molar-refractivity contribution in [1.82, 2.24) is 14.4 Å². The Morgan fingerprint density at radius 2 is 1.25 bits per heavy atom. The molecule has 10 rings (SSSR count). The summed E-state index contributed by atoms with van der Waals surface area (Å²) in [6.45, 7) is 13.0. The predicted octanol–water partition coefficient (Wildman–Crippen LogP) is 9.96. The highest BCUT2D eigenvalue weighted by atomic mass is 32.1. The molecule has 6 heterocycles. The summed E-state index contributed by atoms with van der Waals surface area (Å²) in [5.41, 5.74) is 18.8. The number of primary amides is 2. The first-order valence-electron chi connectivity index (χ1n) is 25.9. The lowest BCUT2D eigenvalue weighted by Gasteiger charge is -2.37. The molecule has 4 aromatic carbocycles. The molecule has 0 atom stereocenters. The standard InChI is InChI=1S/C28H34N6O2.C28H36N4O2S/c29-20-21-9-10-23-19-26(31-28(30)35)34(25(23)18-21)12-3-2-11-32-13-15-33(16-14-32)24-8-5-7-22-6-1-4-17-36-27(22)24;29-28(33)30-27-23(22-11-1-2-14-25(22)35-27)12-3-5-15-31-16-8-17-32(19-18-31)24-13-7-10-21-9-4-6-20-34-26(21)24/h5,7-10,18-19H,1-4,6,11-17H2,(H3,30,31,35);1-2,7,10-11,13-14H,3-6,8-9,12,15-20H2,(H3,29,30,33). The van der Waals surface area contributed by atoms with Gasteiger partial charge in [-0.3, -0.25) is 15.5 Å². The Kier molecular flexibility index (Phi) is 16.8. The van der Waals surface area contributed by atoms with Crippen molar-refractivity contribution >= 4 is 66.6 Å². The Morgan fingerprint density at radius 1 is 0.634 bits per heavy atom. The molecule has 0 aliphatic carbocycles. The number of ether oxygens (including phenoxy) is 2. The van der Waals surface area contributed by atoms with E-state index < -0.39 is 12.1 Å². The zero-order valence-corrected chi connectivity index (χ0v) is 42.0. The monoisotopic (exact) mass is 979 g/mol. The molecule has 0 radical (unpaired) electrons. The van der Waals surface area contributed by atoms with E-state index in [1.165, 1.54) is 57.4 Å². The van der Waals surface area contributed by atoms with Crippen LogP contribution in [0, 0.1) is 11.3 Å². The number of hydrogen-bond acceptors (Lipinski definition) is 10. The number of anilines is 4. The summed E-state index contributed by atoms with van der Waals surface area (Å²) in [4.78, 5) is 33.1. The van der Waals surface area contributed by atoms with Gasteiger partial charge in [0, 0.05) is 62.4 Å². The maximum Gasteiger partial charge on any atom is 0.317 e. The Morgan fingerprint density at radius 3 is 1.92 bits per heavy atom. The number of nitrogens with one attached hydrogen (secondary N) is 2. The minimum Gasteiger partial charge on any atom is -0.491 e. The van der Waals surface area contributed by atoms with E-state index in [0.717, 1.165) is 170 Å². The first-order chi connectivity index (χ1) is 34.8. The lowest BCUT2D eigenvalue weighted by atomic mass is 10.1. The van der Waals surface area contributed by atoms with Crippen molar-refractivity contribution in [2.24, 2.45) is 11.5 Å². The molecule has 71 heavy (non-hydrogen) atoms. The number of nitriles is 1. The molecule has 4 amide bonds. The lowest BCUT2D eigenvalue weighted by molar-refractivity contribution is 0.250. The van der Waals surface area contributed by atoms with Crippen molar-refractivity contribution in [3.05, 3.63) is 107 Å². The van der Waals surface area contributed by atoms with Gasteiger partial charge in [0.25, 0.3) is 0 Å². The number of carbonyl (C=O) groups is 2. The SMILES string of the molecule is N#Cc1ccc2cc(NC(N)=O)n(CCCCN3CCN(c4cccc5c4OCCCC5)CC3)c2c1.NC(=O)Nc1sc2ccccc2c1CCCCN1CCCN(c2cccc3c2OCCCC3)CC1. The normalized spacial score (nSPS) is 16.5. The number of hydrogen-bond donors (Lipinski definition) is 4. The molecule has 4 aliphatic rings. The van der Waals surface area contributed by atoms with Crippen LogP contribution < -0.4 is 41.4 Å². The summed E-state index contributed by atoms with van der Waals surface area (Å²) < 4.78 is 15.6. The number of fused-ring (bicyclic) bond motifs is 4. The van der Waals surface area contributed by atoms with Gasteiger partial charge >= 0.3 is 12.1 Å². The minimum atomic E-state index is -0.585. The number of unbranched alkanes of at least 4 members (excludes halogenated alkanes) is 2. The Balaban J connectivity index is 0.000000176. The summed E-state index contributed by atoms with van der Waals surface area (Å²) in [7, 11) is 0. The van der Waals surface area contributed by atoms with Crippen LogP contribution in [0.25, 0.3) is 21.0 Å². The van der Waals surface area contributed by atoms with Crippen LogP contribution in [0.3, 0.4) is 0 Å². The Labute approximate surface area is 422 Å². The number of aryl methyl sites for hydroxylation is 4. The summed E-state index contributed by atoms with van der Waals surface area (Å²) in [5, 5.41) is 18.0. The molecule has 14 nitrogen and oxygen atoms in total. The third kappa shape index (κ3) is 12.5. The van der Waals surface area contributed by atoms with Gasteiger partial charge in [-0.1, -0.05) is 48.5 Å². The molecule has 374 valence electrons. The van der Waals surface area contributed by atoms with E-state index in [1.54, 1.807) is 17.4 Å². The topological polar surface area (TPSA) is 170 Å². The van der Waals surface area contributed by atoms with Gasteiger partial charge in [0.05, 0.1) is 41.7 Å². The largest absolute Gasteiger partial charge is 0.491 e. The average molecular weight is 979 g/mol. The number of nitrogens with two attached hydrogens (primary N) is 2. The first-order valence-corrected chi connectivity index (χ1v) is 26.7. The highest BCUT2D eigenvalue weighted by molar-refractivity contribution is 7.23. The van der Waals surface area contributed by atoms with Gasteiger partial charge < -0.3 is 40.2 Å². The molecule has 0 spiro atoms. The van der Waals surface area contributed by atoms with Gasteiger partial charge in [0.2, 0.25) is 0 Å². The number of aromatic nitrogens is 1. The minimum absolute atomic E-state index is 0.493. The number of nitrogens with zero attached hydrogens (tertiary/aromatic N) is 6. The molecule has 2 fully saturated rings. The molecule has 15 heteroatoms. The van der Waals surface area contributed by atoms with Crippen molar-refractivity contribution in [3.63, 3.8) is 0 Å². The molecule has 6 aromatic rings. The zero-order valence-electron chi connectivity index (χ0n) is 41.1. The summed E-state index contributed by atoms with van der Waals surface area (Å²) in [6.07, 6.45) is 13.3. The molecule has 2 saturated heterocycles. The molecular weight excluding hydrogens is 909 g/mol. The van der Waals surface area contributed by atoms with Crippen LogP contribution in [0.15, 0.2) is 84.9 Å². The average Bonchev–Trinajstić information content (AvgIpc) is 3.56. The van der Waals surface area contributed by atoms with Crippen LogP contribution in [0.2, 0.25) is 0 Å². The van der Waals surface area contributed by atoms with Crippen LogP contribution in [-0.2, 0) is 25.8 Å². The van der Waals surface area contributed by atoms with E-state index in [9.17, 15) is 14.9 Å². The number of piperazine rings is 1. The molecule has 6 N–H and O–H groups in total. The van der Waals surface area contributed by atoms with Crippen molar-refractivity contribution in [3.8, 4) is 17.6 Å². The number of para-hydroxylation sites is 2. The number of amides is 4. The molecule has 0 saturated carbocycles. The van der Waals surface area contributed by atoms with E-state index in [0.29, 0.717) is 11.4 Å². The lowest BCUT2D eigenvalue weighted by Crippen LogP contribution is -2.46. The summed E-state index contributed by atoms with van der Waals surface area (Å²) >= 11 is 1.61. The van der Waals surface area contributed by atoms with Crippen molar-refractivity contribution in [2.45, 2.75) is 83.6 Å². The van der Waals surface area contributed by atoms with Gasteiger partial charge in [-0.25, -0.2) is 9.59 Å². The van der Waals surface area contributed by atoms with Crippen LogP contribution in [-0.4, -0.2) is 105 Å². The van der Waals surface area contributed by atoms with Gasteiger partial charge in [-0.15, -0.1) is 11.3 Å². The quantitative estimate of drug-likeness (QED) is 0.0776. The summed E-state index contributed by atoms with van der Waals surface area (Å²) in [5.74, 6) is 2.90. The highest BCUT2D eigenvalue weighted by Gasteiger charge is 2.24. The van der Waals surface area contributed by atoms with Crippen molar-refractivity contribution in [1.29, 1.82) is 5.26 Å². The van der Waals surface area contributed by atoms with E-state index in [2.05, 4.69) is 95.5 Å². The van der Waals surface area contributed by atoms with E-state index in [1.807, 2.05) is 24.3 Å². The molecule has 0 unspecified atom stereocenters. The maximum atomic E-state index is 11.5. The predicted molar refractivity (Wildman–Crippen MR) is 289 cm³/mol. The molecule has 4 aliphatic heterocycles. The van der Waals surface area contributed by atoms with Gasteiger partial charge in [-0.2, -0.15) is 5.26 Å². The molecule has 2 aromatic heterocycles. The Hall–Kier alpha value is -6.47. The van der Waals surface area contributed by atoms with Crippen LogP contribution in [0.1, 0.15) is 80.0 Å². The van der Waals surface area contributed by atoms with E-state index in [4.69, 9.17) is 20.9 Å². The van der Waals surface area contributed by atoms with Crippen LogP contribution >= 0.6 is 11.3 Å². The fourth-order valence-corrected chi connectivity index (χ4v) is 12.0. The number of urea groups is 2. The molecular formula is C56H70N10O4S. The Bertz CT molecular complexity index is 2810. The number of thiophene rings is 1. The van der Waals surface area contributed by atoms with Crippen LogP contribution in [0.4, 0.5) is 31.8 Å². The summed E-state index contributed by atoms with van der Waals surface area (Å²) in [6, 6.07) is 30.2. The second-order valence-corrected chi connectivity index (χ2v) is 20.3. The third-order valence-electron chi connectivity index (χ3n) is 14.4. The fraction of sp³-hybridized carbons (Fsp3) is 0.446. The van der Waals surface area contributed by atoms with E-state index >= 15 is 0 Å². The first kappa shape index (κ1) is 49.5. The number of rotatable bonds is 14. The van der Waals surface area contributed by atoms with Gasteiger partial charge in [0.1, 0.15) is 22.3 Å². The highest BCUT2D eigenvalue weighted by Crippen LogP contribution is 2.39. The number of carbonyl (C=O) groups excluding carboxylic acids is 2. The second kappa shape index (κ2) is 24.1. The number of benzene rings is 4. The smallest absolute Gasteiger partial charge is 0.317 e. The second-order valence-electron chi connectivity index (χ2n) is 19.3. The molecule has 0 bridgehead atoms. The van der Waals surface area contributed by atoms with Gasteiger partial charge in [0.15, 0.2) is 0 Å². The maximum absolute atomic E-state index is 11.5. The van der Waals surface area contributed by atoms with E-state index in [-0.39, 0.29) is 0 Å². The van der Waals surface area contributed by atoms with Crippen molar-refractivity contribution < 1.29 is 19.1 Å².